The van der Waals surface area contributed by atoms with E-state index < -0.39 is 13.5 Å². The van der Waals surface area contributed by atoms with Crippen molar-refractivity contribution in [2.75, 3.05) is 0 Å². The average Bonchev–Trinajstić information content (AvgIpc) is 0.811. The predicted molar refractivity (Wildman–Crippen MR) is 48.0 cm³/mol. The van der Waals surface area contributed by atoms with E-state index in [0.717, 1.165) is 0 Å². The summed E-state index contributed by atoms with van der Waals surface area (Å²) >= 11 is 8.85. The normalized spacial score (nSPS) is 7.20. The summed E-state index contributed by atoms with van der Waals surface area (Å²) in [6, 6.07) is 0. The number of hydrogen-bond acceptors (Lipinski definition) is 0. The average molecular weight is 489 g/mol. The summed E-state index contributed by atoms with van der Waals surface area (Å²) in [7, 11) is 0. The Morgan fingerprint density at radius 3 is 1.00 bits per heavy atom. The molecule has 0 bridgehead atoms. The van der Waals surface area contributed by atoms with Crippen LogP contribution in [0.25, 0.3) is 0 Å². The van der Waals surface area contributed by atoms with Crippen molar-refractivity contribution in [1.82, 2.24) is 0 Å². The third kappa shape index (κ3) is 19.5. The van der Waals surface area contributed by atoms with Gasteiger partial charge >= 0.3 is 51.2 Å². The molecular formula is HBr3ISb. The van der Waals surface area contributed by atoms with Crippen LogP contribution in [-0.4, -0.2) is 13.5 Å². The quantitative estimate of drug-likeness (QED) is 0.363. The molecule has 0 fully saturated rings. The molecule has 5 heteroatoms. The van der Waals surface area contributed by atoms with Gasteiger partial charge in [-0.25, -0.2) is 0 Å². The fraction of sp³-hybridized carbons (Fsp3) is 0. The molecule has 0 aromatic rings. The molecule has 34 valence electrons. The van der Waals surface area contributed by atoms with Gasteiger partial charge in [0.15, 0.2) is 0 Å². The third-order valence-corrected chi connectivity index (χ3v) is 0. The van der Waals surface area contributed by atoms with Gasteiger partial charge in [0.2, 0.25) is 0 Å². The standard InChI is InChI=1S/3BrH.HI.Sb/h4*1H;/q;;;;+3/p-3. The van der Waals surface area contributed by atoms with E-state index in [1.165, 1.54) is 0 Å². The molecule has 0 spiro atoms. The summed E-state index contributed by atoms with van der Waals surface area (Å²) < 4.78 is 0. The van der Waals surface area contributed by atoms with Gasteiger partial charge in [-0.2, -0.15) is 0 Å². The number of rotatable bonds is 0. The summed E-state index contributed by atoms with van der Waals surface area (Å²) in [5.74, 6) is 0. The molecule has 0 aliphatic heterocycles. The van der Waals surface area contributed by atoms with E-state index in [4.69, 9.17) is 0 Å². The summed E-state index contributed by atoms with van der Waals surface area (Å²) in [6.45, 7) is 0. The summed E-state index contributed by atoms with van der Waals surface area (Å²) in [5, 5.41) is 0. The Balaban J connectivity index is 0. The van der Waals surface area contributed by atoms with Crippen LogP contribution < -0.4 is 0 Å². The van der Waals surface area contributed by atoms with Crippen molar-refractivity contribution in [2.45, 2.75) is 0 Å². The first-order chi connectivity index (χ1) is 1.73. The van der Waals surface area contributed by atoms with Crippen LogP contribution in [0, 0.1) is 0 Å². The van der Waals surface area contributed by atoms with Gasteiger partial charge < -0.3 is 0 Å². The molecule has 0 aliphatic rings. The van der Waals surface area contributed by atoms with Crippen LogP contribution in [0.3, 0.4) is 0 Å². The molecule has 0 nitrogen and oxygen atoms in total. The van der Waals surface area contributed by atoms with Crippen molar-refractivity contribution in [1.29, 1.82) is 0 Å². The van der Waals surface area contributed by atoms with Crippen LogP contribution in [0.15, 0.2) is 0 Å². The van der Waals surface area contributed by atoms with Crippen molar-refractivity contribution in [3.63, 3.8) is 0 Å². The summed E-state index contributed by atoms with van der Waals surface area (Å²) in [5.41, 5.74) is 0. The van der Waals surface area contributed by atoms with Gasteiger partial charge in [0.1, 0.15) is 0 Å². The first-order valence-electron chi connectivity index (χ1n) is 0.507. The molecule has 0 radical (unpaired) electrons. The first kappa shape index (κ1) is 10.9. The topological polar surface area (TPSA) is 0 Å². The van der Waals surface area contributed by atoms with Crippen LogP contribution in [-0.2, 0) is 0 Å². The van der Waals surface area contributed by atoms with Gasteiger partial charge in [-0.05, 0) is 0 Å². The first-order valence-corrected chi connectivity index (χ1v) is 17.7. The molecule has 0 unspecified atom stereocenters. The van der Waals surface area contributed by atoms with E-state index in [0.29, 0.717) is 0 Å². The summed E-state index contributed by atoms with van der Waals surface area (Å²) in [6.07, 6.45) is 0. The van der Waals surface area contributed by atoms with E-state index >= 15 is 0 Å². The third-order valence-electron chi connectivity index (χ3n) is 0. The van der Waals surface area contributed by atoms with Gasteiger partial charge in [0, 0.05) is 0 Å². The minimum absolute atomic E-state index is 0. The molecule has 0 heterocycles. The monoisotopic (exact) mass is 486 g/mol. The SMILES string of the molecule is I.[Br][Sb]([Br])[Br]. The van der Waals surface area contributed by atoms with Gasteiger partial charge in [-0.1, -0.05) is 0 Å². The van der Waals surface area contributed by atoms with Gasteiger partial charge in [-0.3, -0.25) is 0 Å². The van der Waals surface area contributed by atoms with Crippen LogP contribution >= 0.6 is 61.8 Å². The molecule has 0 aromatic carbocycles. The Hall–Kier alpha value is 2.99. The van der Waals surface area contributed by atoms with E-state index in [1.807, 2.05) is 0 Å². The molecule has 0 saturated carbocycles. The number of halogens is 4. The van der Waals surface area contributed by atoms with E-state index in [2.05, 4.69) is 37.8 Å². The molecule has 0 atom stereocenters. The van der Waals surface area contributed by atoms with Crippen molar-refractivity contribution < 1.29 is 0 Å². The Bertz CT molecular complexity index is 11.6. The minimum atomic E-state index is -1.01. The zero-order valence-electron chi connectivity index (χ0n) is 1.99. The molecule has 0 amide bonds. The molecule has 0 aliphatic carbocycles. The fourth-order valence-electron chi connectivity index (χ4n) is 0. The van der Waals surface area contributed by atoms with Crippen molar-refractivity contribution in [3.05, 3.63) is 0 Å². The Morgan fingerprint density at radius 1 is 1.00 bits per heavy atom. The second-order valence-electron chi connectivity index (χ2n) is 0.192. The fourth-order valence-corrected chi connectivity index (χ4v) is 0. The second-order valence-corrected chi connectivity index (χ2v) is 34.7. The van der Waals surface area contributed by atoms with Crippen LogP contribution in [0.4, 0.5) is 0 Å². The van der Waals surface area contributed by atoms with Crippen molar-refractivity contribution in [3.8, 4) is 0 Å². The molecule has 0 saturated heterocycles. The van der Waals surface area contributed by atoms with Crippen LogP contribution in [0.2, 0.25) is 0 Å². The molecule has 0 rings (SSSR count). The molecule has 0 aromatic heterocycles. The van der Waals surface area contributed by atoms with Gasteiger partial charge in [-0.15, -0.1) is 24.0 Å². The van der Waals surface area contributed by atoms with Gasteiger partial charge in [0.25, 0.3) is 0 Å². The summed E-state index contributed by atoms with van der Waals surface area (Å²) in [4.78, 5) is 0. The van der Waals surface area contributed by atoms with E-state index in [1.54, 1.807) is 0 Å². The predicted octanol–water partition coefficient (Wildman–Crippen LogP) is 2.77. The Morgan fingerprint density at radius 2 is 1.00 bits per heavy atom. The zero-order valence-corrected chi connectivity index (χ0v) is 11.6. The van der Waals surface area contributed by atoms with Crippen LogP contribution in [0.5, 0.6) is 0 Å². The van der Waals surface area contributed by atoms with Gasteiger partial charge in [0.05, 0.1) is 0 Å². The number of hydrogen-bond donors (Lipinski definition) is 0. The maximum absolute atomic E-state index is 3.29. The second kappa shape index (κ2) is 6.99. The maximum atomic E-state index is 3.29. The molecular weight excluding hydrogens is 488 g/mol. The molecule has 5 heavy (non-hydrogen) atoms. The molecule has 0 N–H and O–H groups in total. The zero-order chi connectivity index (χ0) is 3.58. The van der Waals surface area contributed by atoms with Crippen molar-refractivity contribution in [2.24, 2.45) is 0 Å². The Labute approximate surface area is 73.5 Å². The Kier molecular flexibility index (Phi) is 15.2. The van der Waals surface area contributed by atoms with E-state index in [9.17, 15) is 0 Å². The van der Waals surface area contributed by atoms with Crippen LogP contribution in [0.1, 0.15) is 0 Å². The van der Waals surface area contributed by atoms with E-state index in [-0.39, 0.29) is 24.0 Å². The van der Waals surface area contributed by atoms with Crippen molar-refractivity contribution >= 4 is 75.2 Å².